The Kier molecular flexibility index (Phi) is 5.07. The monoisotopic (exact) mass is 255 g/mol. The molecule has 2 N–H and O–H groups in total. The number of benzene rings is 1. The second-order valence-corrected chi connectivity index (χ2v) is 4.85. The van der Waals surface area contributed by atoms with Crippen LogP contribution in [0.15, 0.2) is 48.7 Å². The highest BCUT2D eigenvalue weighted by atomic mass is 15.1. The number of rotatable bonds is 6. The van der Waals surface area contributed by atoms with E-state index in [2.05, 4.69) is 47.3 Å². The Morgan fingerprint density at radius 2 is 1.74 bits per heavy atom. The summed E-state index contributed by atoms with van der Waals surface area (Å²) in [6.45, 7) is 2.50. The average Bonchev–Trinajstić information content (AvgIpc) is 2.42. The minimum Gasteiger partial charge on any atom is -0.330 e. The molecule has 100 valence electrons. The van der Waals surface area contributed by atoms with E-state index in [4.69, 9.17) is 5.73 Å². The van der Waals surface area contributed by atoms with Gasteiger partial charge in [-0.25, -0.2) is 0 Å². The van der Waals surface area contributed by atoms with Gasteiger partial charge in [0.15, 0.2) is 0 Å². The molecule has 1 aromatic carbocycles. The van der Waals surface area contributed by atoms with Crippen molar-refractivity contribution in [2.45, 2.75) is 19.5 Å². The van der Waals surface area contributed by atoms with Crippen LogP contribution in [0.4, 0.5) is 0 Å². The molecular weight excluding hydrogens is 234 g/mol. The molecule has 3 heteroatoms. The van der Waals surface area contributed by atoms with E-state index in [-0.39, 0.29) is 0 Å². The maximum atomic E-state index is 5.55. The van der Waals surface area contributed by atoms with Crippen LogP contribution in [0.3, 0.4) is 0 Å². The summed E-state index contributed by atoms with van der Waals surface area (Å²) in [6.07, 6.45) is 2.79. The van der Waals surface area contributed by atoms with Crippen molar-refractivity contribution in [2.24, 2.45) is 5.73 Å². The zero-order valence-corrected chi connectivity index (χ0v) is 11.4. The highest BCUT2D eigenvalue weighted by Crippen LogP contribution is 2.09. The fraction of sp³-hybridized carbons (Fsp3) is 0.312. The van der Waals surface area contributed by atoms with Crippen LogP contribution in [-0.2, 0) is 19.5 Å². The lowest BCUT2D eigenvalue weighted by molar-refractivity contribution is 0.315. The molecule has 1 heterocycles. The van der Waals surface area contributed by atoms with Gasteiger partial charge in [-0.1, -0.05) is 30.3 Å². The van der Waals surface area contributed by atoms with Crippen molar-refractivity contribution >= 4 is 0 Å². The van der Waals surface area contributed by atoms with E-state index in [1.54, 1.807) is 0 Å². The molecule has 0 spiro atoms. The van der Waals surface area contributed by atoms with E-state index in [0.29, 0.717) is 6.54 Å². The fourth-order valence-corrected chi connectivity index (χ4v) is 2.11. The summed E-state index contributed by atoms with van der Waals surface area (Å²) < 4.78 is 0. The first-order valence-electron chi connectivity index (χ1n) is 6.64. The van der Waals surface area contributed by atoms with Crippen LogP contribution in [0.25, 0.3) is 0 Å². The van der Waals surface area contributed by atoms with Crippen LogP contribution >= 0.6 is 0 Å². The molecule has 2 aromatic rings. The lowest BCUT2D eigenvalue weighted by atomic mass is 10.1. The van der Waals surface area contributed by atoms with Crippen molar-refractivity contribution < 1.29 is 0 Å². The van der Waals surface area contributed by atoms with E-state index in [1.807, 2.05) is 18.3 Å². The van der Waals surface area contributed by atoms with E-state index >= 15 is 0 Å². The van der Waals surface area contributed by atoms with Gasteiger partial charge in [0.25, 0.3) is 0 Å². The third-order valence-electron chi connectivity index (χ3n) is 3.07. The SMILES string of the molecule is CN(Cc1ccc(CCN)cc1)Cc1ccccn1. The third-order valence-corrected chi connectivity index (χ3v) is 3.07. The summed E-state index contributed by atoms with van der Waals surface area (Å²) in [7, 11) is 2.11. The Balaban J connectivity index is 1.89. The largest absolute Gasteiger partial charge is 0.330 e. The van der Waals surface area contributed by atoms with Crippen LogP contribution in [0.5, 0.6) is 0 Å². The standard InChI is InChI=1S/C16H21N3/c1-19(13-16-4-2-3-11-18-16)12-15-7-5-14(6-8-15)9-10-17/h2-8,11H,9-10,12-13,17H2,1H3. The van der Waals surface area contributed by atoms with Crippen LogP contribution in [0, 0.1) is 0 Å². The molecule has 0 saturated heterocycles. The van der Waals surface area contributed by atoms with Crippen molar-refractivity contribution in [1.82, 2.24) is 9.88 Å². The molecule has 19 heavy (non-hydrogen) atoms. The molecule has 0 bridgehead atoms. The van der Waals surface area contributed by atoms with Gasteiger partial charge in [-0.05, 0) is 43.3 Å². The summed E-state index contributed by atoms with van der Waals surface area (Å²) in [4.78, 5) is 6.61. The Morgan fingerprint density at radius 3 is 2.37 bits per heavy atom. The van der Waals surface area contributed by atoms with Gasteiger partial charge in [0.1, 0.15) is 0 Å². The Hall–Kier alpha value is -1.71. The van der Waals surface area contributed by atoms with Gasteiger partial charge in [0, 0.05) is 19.3 Å². The highest BCUT2D eigenvalue weighted by molar-refractivity contribution is 5.22. The van der Waals surface area contributed by atoms with Gasteiger partial charge in [0.05, 0.1) is 5.69 Å². The molecule has 3 nitrogen and oxygen atoms in total. The smallest absolute Gasteiger partial charge is 0.0543 e. The van der Waals surface area contributed by atoms with Crippen LogP contribution in [0.2, 0.25) is 0 Å². The molecule has 0 aliphatic carbocycles. The first-order valence-corrected chi connectivity index (χ1v) is 6.64. The van der Waals surface area contributed by atoms with Gasteiger partial charge in [-0.3, -0.25) is 9.88 Å². The number of nitrogens with zero attached hydrogens (tertiary/aromatic N) is 2. The highest BCUT2D eigenvalue weighted by Gasteiger charge is 2.02. The second-order valence-electron chi connectivity index (χ2n) is 4.85. The van der Waals surface area contributed by atoms with Gasteiger partial charge < -0.3 is 5.73 Å². The minimum atomic E-state index is 0.707. The normalized spacial score (nSPS) is 10.9. The van der Waals surface area contributed by atoms with Crippen LogP contribution in [-0.4, -0.2) is 23.5 Å². The predicted molar refractivity (Wildman–Crippen MR) is 78.6 cm³/mol. The second kappa shape index (κ2) is 7.02. The number of hydrogen-bond donors (Lipinski definition) is 1. The lowest BCUT2D eigenvalue weighted by Crippen LogP contribution is -2.17. The molecule has 2 rings (SSSR count). The predicted octanol–water partition coefficient (Wildman–Crippen LogP) is 2.21. The van der Waals surface area contributed by atoms with E-state index in [9.17, 15) is 0 Å². The topological polar surface area (TPSA) is 42.1 Å². The molecular formula is C16H21N3. The van der Waals surface area contributed by atoms with Crippen molar-refractivity contribution in [2.75, 3.05) is 13.6 Å². The van der Waals surface area contributed by atoms with Gasteiger partial charge in [-0.2, -0.15) is 0 Å². The van der Waals surface area contributed by atoms with Gasteiger partial charge >= 0.3 is 0 Å². The Bertz CT molecular complexity index is 479. The summed E-state index contributed by atoms with van der Waals surface area (Å²) in [6, 6.07) is 14.7. The zero-order valence-electron chi connectivity index (χ0n) is 11.4. The Labute approximate surface area is 115 Å². The first kappa shape index (κ1) is 13.7. The van der Waals surface area contributed by atoms with Gasteiger partial charge in [-0.15, -0.1) is 0 Å². The Morgan fingerprint density at radius 1 is 1.00 bits per heavy atom. The fourth-order valence-electron chi connectivity index (χ4n) is 2.11. The number of hydrogen-bond acceptors (Lipinski definition) is 3. The molecule has 0 unspecified atom stereocenters. The minimum absolute atomic E-state index is 0.707. The molecule has 1 aromatic heterocycles. The molecule has 0 aliphatic heterocycles. The molecule has 0 amide bonds. The molecule has 0 fully saturated rings. The van der Waals surface area contributed by atoms with Crippen molar-refractivity contribution in [3.05, 3.63) is 65.5 Å². The maximum absolute atomic E-state index is 5.55. The number of aromatic nitrogens is 1. The molecule has 0 saturated carbocycles. The van der Waals surface area contributed by atoms with Crippen LogP contribution < -0.4 is 5.73 Å². The first-order chi connectivity index (χ1) is 9.28. The summed E-state index contributed by atoms with van der Waals surface area (Å²) in [5.74, 6) is 0. The van der Waals surface area contributed by atoms with E-state index < -0.39 is 0 Å². The quantitative estimate of drug-likeness (QED) is 0.860. The van der Waals surface area contributed by atoms with Crippen molar-refractivity contribution in [3.63, 3.8) is 0 Å². The molecule has 0 atom stereocenters. The van der Waals surface area contributed by atoms with Crippen LogP contribution in [0.1, 0.15) is 16.8 Å². The van der Waals surface area contributed by atoms with Crippen molar-refractivity contribution in [1.29, 1.82) is 0 Å². The molecule has 0 aliphatic rings. The van der Waals surface area contributed by atoms with Crippen molar-refractivity contribution in [3.8, 4) is 0 Å². The third kappa shape index (κ3) is 4.47. The van der Waals surface area contributed by atoms with E-state index in [1.165, 1.54) is 11.1 Å². The number of nitrogens with two attached hydrogens (primary N) is 1. The zero-order chi connectivity index (χ0) is 13.5. The summed E-state index contributed by atoms with van der Waals surface area (Å²) in [5.41, 5.74) is 9.27. The molecule has 0 radical (unpaired) electrons. The maximum Gasteiger partial charge on any atom is 0.0543 e. The summed E-state index contributed by atoms with van der Waals surface area (Å²) >= 11 is 0. The van der Waals surface area contributed by atoms with E-state index in [0.717, 1.165) is 25.2 Å². The number of pyridine rings is 1. The van der Waals surface area contributed by atoms with Gasteiger partial charge in [0.2, 0.25) is 0 Å². The lowest BCUT2D eigenvalue weighted by Gasteiger charge is -2.16. The summed E-state index contributed by atoms with van der Waals surface area (Å²) in [5, 5.41) is 0. The average molecular weight is 255 g/mol.